The second-order valence-corrected chi connectivity index (χ2v) is 5.42. The number of nitrogens with one attached hydrogen (secondary N) is 2. The first kappa shape index (κ1) is 17.6. The van der Waals surface area contributed by atoms with Crippen LogP contribution in [0.4, 0.5) is 23.7 Å². The zero-order valence-corrected chi connectivity index (χ0v) is 12.7. The van der Waals surface area contributed by atoms with Crippen molar-refractivity contribution in [1.29, 1.82) is 0 Å². The van der Waals surface area contributed by atoms with Crippen LogP contribution in [0.5, 0.6) is 0 Å². The van der Waals surface area contributed by atoms with E-state index < -0.39 is 23.7 Å². The molecular formula is C11H9BrClF3N2O3. The summed E-state index contributed by atoms with van der Waals surface area (Å²) in [6, 6.07) is 2.84. The summed E-state index contributed by atoms with van der Waals surface area (Å²) in [5.74, 6) is -2.22. The Hall–Kier alpha value is -1.48. The molecule has 0 aliphatic rings. The van der Waals surface area contributed by atoms with Crippen LogP contribution in [-0.4, -0.2) is 28.8 Å². The molecule has 21 heavy (non-hydrogen) atoms. The van der Waals surface area contributed by atoms with Crippen molar-refractivity contribution in [2.45, 2.75) is 18.6 Å². The van der Waals surface area contributed by atoms with Crippen molar-refractivity contribution < 1.29 is 27.9 Å². The summed E-state index contributed by atoms with van der Waals surface area (Å²) < 4.78 is 38.5. The lowest BCUT2D eigenvalue weighted by atomic mass is 10.0. The third-order valence-corrected chi connectivity index (χ3v) is 3.43. The van der Waals surface area contributed by atoms with E-state index in [9.17, 15) is 22.8 Å². The molecule has 0 aliphatic heterocycles. The number of carbonyl (C=O) groups excluding carboxylic acids is 1. The molecule has 1 aromatic carbocycles. The highest BCUT2D eigenvalue weighted by molar-refractivity contribution is 9.10. The monoisotopic (exact) mass is 388 g/mol. The van der Waals surface area contributed by atoms with E-state index in [1.165, 1.54) is 23.5 Å². The number of amides is 2. The van der Waals surface area contributed by atoms with Gasteiger partial charge in [0.2, 0.25) is 5.54 Å². The quantitative estimate of drug-likeness (QED) is 0.739. The van der Waals surface area contributed by atoms with Crippen molar-refractivity contribution in [3.63, 3.8) is 0 Å². The number of carbonyl (C=O) groups is 2. The SMILES string of the molecule is CC(NC(=O)Nc1ccc(Cl)cc1Br)(C(=O)O)C(F)(F)F. The van der Waals surface area contributed by atoms with Crippen LogP contribution >= 0.6 is 27.5 Å². The largest absolute Gasteiger partial charge is 0.479 e. The summed E-state index contributed by atoms with van der Waals surface area (Å²) >= 11 is 8.73. The van der Waals surface area contributed by atoms with Crippen LogP contribution in [0.3, 0.4) is 0 Å². The zero-order chi connectivity index (χ0) is 16.4. The highest BCUT2D eigenvalue weighted by Gasteiger charge is 2.58. The van der Waals surface area contributed by atoms with Gasteiger partial charge in [-0.05, 0) is 41.1 Å². The molecule has 0 fully saturated rings. The van der Waals surface area contributed by atoms with Gasteiger partial charge in [0.25, 0.3) is 0 Å². The summed E-state index contributed by atoms with van der Waals surface area (Å²) in [6.07, 6.45) is -5.16. The van der Waals surface area contributed by atoms with Crippen molar-refractivity contribution in [2.24, 2.45) is 0 Å². The lowest BCUT2D eigenvalue weighted by molar-refractivity contribution is -0.203. The van der Waals surface area contributed by atoms with Crippen LogP contribution in [0.25, 0.3) is 0 Å². The lowest BCUT2D eigenvalue weighted by Crippen LogP contribution is -2.62. The molecule has 2 amide bonds. The normalized spacial score (nSPS) is 14.2. The third-order valence-electron chi connectivity index (χ3n) is 2.54. The van der Waals surface area contributed by atoms with Crippen molar-refractivity contribution in [3.05, 3.63) is 27.7 Å². The fourth-order valence-electron chi connectivity index (χ4n) is 1.22. The van der Waals surface area contributed by atoms with Gasteiger partial charge in [-0.3, -0.25) is 0 Å². The average molecular weight is 390 g/mol. The average Bonchev–Trinajstić information content (AvgIpc) is 2.31. The fourth-order valence-corrected chi connectivity index (χ4v) is 2.00. The molecule has 1 aromatic rings. The van der Waals surface area contributed by atoms with Gasteiger partial charge in [-0.2, -0.15) is 13.2 Å². The number of halogens is 5. The van der Waals surface area contributed by atoms with Gasteiger partial charge in [0.05, 0.1) is 5.69 Å². The first-order valence-electron chi connectivity index (χ1n) is 5.31. The molecule has 1 rings (SSSR count). The summed E-state index contributed by atoms with van der Waals surface area (Å²) in [5.41, 5.74) is -3.28. The van der Waals surface area contributed by atoms with E-state index in [0.29, 0.717) is 16.4 Å². The smallest absolute Gasteiger partial charge is 0.422 e. The molecule has 1 unspecified atom stereocenters. The maximum atomic E-state index is 12.7. The molecule has 116 valence electrons. The number of rotatable bonds is 3. The van der Waals surface area contributed by atoms with Crippen LogP contribution < -0.4 is 10.6 Å². The Bertz CT molecular complexity index is 582. The van der Waals surface area contributed by atoms with E-state index in [1.54, 1.807) is 0 Å². The second-order valence-electron chi connectivity index (χ2n) is 4.13. The molecule has 5 nitrogen and oxygen atoms in total. The maximum absolute atomic E-state index is 12.7. The molecule has 0 saturated heterocycles. The van der Waals surface area contributed by atoms with Gasteiger partial charge in [-0.1, -0.05) is 11.6 Å². The predicted octanol–water partition coefficient (Wildman–Crippen LogP) is 3.63. The highest BCUT2D eigenvalue weighted by atomic mass is 79.9. The maximum Gasteiger partial charge on any atom is 0.422 e. The van der Waals surface area contributed by atoms with E-state index in [1.807, 2.05) is 0 Å². The van der Waals surface area contributed by atoms with E-state index in [0.717, 1.165) is 0 Å². The third kappa shape index (κ3) is 4.01. The summed E-state index contributed by atoms with van der Waals surface area (Å²) in [5, 5.41) is 12.5. The Balaban J connectivity index is 2.92. The summed E-state index contributed by atoms with van der Waals surface area (Å²) in [4.78, 5) is 22.4. The van der Waals surface area contributed by atoms with Gasteiger partial charge < -0.3 is 15.7 Å². The molecule has 0 aromatic heterocycles. The highest BCUT2D eigenvalue weighted by Crippen LogP contribution is 2.31. The minimum Gasteiger partial charge on any atom is -0.479 e. The Kier molecular flexibility index (Phi) is 5.11. The standard InChI is InChI=1S/C11H9BrClF3N2O3/c1-10(8(19)20,11(14,15)16)18-9(21)17-7-3-2-5(13)4-6(7)12/h2-4H,1H3,(H,19,20)(H2,17,18,21). The Morgan fingerprint density at radius 1 is 1.33 bits per heavy atom. The Morgan fingerprint density at radius 2 is 1.90 bits per heavy atom. The van der Waals surface area contributed by atoms with Gasteiger partial charge >= 0.3 is 18.2 Å². The van der Waals surface area contributed by atoms with Crippen molar-refractivity contribution >= 4 is 45.2 Å². The first-order valence-corrected chi connectivity index (χ1v) is 6.49. The number of benzene rings is 1. The van der Waals surface area contributed by atoms with E-state index in [2.05, 4.69) is 21.2 Å². The minimum atomic E-state index is -5.16. The summed E-state index contributed by atoms with van der Waals surface area (Å²) in [7, 11) is 0. The van der Waals surface area contributed by atoms with Gasteiger partial charge in [-0.25, -0.2) is 9.59 Å². The van der Waals surface area contributed by atoms with Gasteiger partial charge in [-0.15, -0.1) is 0 Å². The fraction of sp³-hybridized carbons (Fsp3) is 0.273. The molecule has 1 atom stereocenters. The number of hydrogen-bond acceptors (Lipinski definition) is 2. The molecule has 0 aliphatic carbocycles. The first-order chi connectivity index (χ1) is 9.47. The van der Waals surface area contributed by atoms with E-state index >= 15 is 0 Å². The number of urea groups is 1. The zero-order valence-electron chi connectivity index (χ0n) is 10.4. The van der Waals surface area contributed by atoms with Crippen LogP contribution in [0, 0.1) is 0 Å². The number of hydrogen-bond donors (Lipinski definition) is 3. The Morgan fingerprint density at radius 3 is 2.33 bits per heavy atom. The number of carboxylic acid groups (broad SMARTS) is 1. The van der Waals surface area contributed by atoms with Crippen molar-refractivity contribution in [3.8, 4) is 0 Å². The lowest BCUT2D eigenvalue weighted by Gasteiger charge is -2.28. The number of anilines is 1. The molecule has 0 heterocycles. The van der Waals surface area contributed by atoms with Gasteiger partial charge in [0, 0.05) is 9.50 Å². The molecule has 0 saturated carbocycles. The second kappa shape index (κ2) is 6.10. The number of alkyl halides is 3. The van der Waals surface area contributed by atoms with Crippen LogP contribution in [-0.2, 0) is 4.79 Å². The van der Waals surface area contributed by atoms with E-state index in [-0.39, 0.29) is 5.69 Å². The van der Waals surface area contributed by atoms with Crippen molar-refractivity contribution in [2.75, 3.05) is 5.32 Å². The molecule has 0 bridgehead atoms. The number of aliphatic carboxylic acids is 1. The molecular weight excluding hydrogens is 380 g/mol. The minimum absolute atomic E-state index is 0.131. The van der Waals surface area contributed by atoms with E-state index in [4.69, 9.17) is 16.7 Å². The number of carboxylic acids is 1. The molecule has 0 radical (unpaired) electrons. The predicted molar refractivity (Wildman–Crippen MR) is 73.4 cm³/mol. The Labute approximate surface area is 130 Å². The van der Waals surface area contributed by atoms with Crippen molar-refractivity contribution in [1.82, 2.24) is 5.32 Å². The van der Waals surface area contributed by atoms with Gasteiger partial charge in [0.15, 0.2) is 0 Å². The van der Waals surface area contributed by atoms with Gasteiger partial charge in [0.1, 0.15) is 0 Å². The molecule has 3 N–H and O–H groups in total. The van der Waals surface area contributed by atoms with Crippen LogP contribution in [0.1, 0.15) is 6.92 Å². The van der Waals surface area contributed by atoms with Crippen LogP contribution in [0.15, 0.2) is 22.7 Å². The topological polar surface area (TPSA) is 78.4 Å². The molecule has 10 heteroatoms. The van der Waals surface area contributed by atoms with Crippen LogP contribution in [0.2, 0.25) is 5.02 Å². The molecule has 0 spiro atoms. The summed E-state index contributed by atoms with van der Waals surface area (Å²) in [6.45, 7) is 0.353.